The van der Waals surface area contributed by atoms with Crippen molar-refractivity contribution in [2.24, 2.45) is 0 Å². The third kappa shape index (κ3) is 4.19. The Labute approximate surface area is 154 Å². The minimum atomic E-state index is -4.38. The van der Waals surface area contributed by atoms with Crippen LogP contribution in [0, 0.1) is 6.92 Å². The summed E-state index contributed by atoms with van der Waals surface area (Å²) in [4.78, 5) is 3.29. The van der Waals surface area contributed by atoms with Crippen molar-refractivity contribution in [1.29, 1.82) is 0 Å². The first-order chi connectivity index (χ1) is 11.9. The van der Waals surface area contributed by atoms with Crippen LogP contribution >= 0.6 is 22.9 Å². The Balaban J connectivity index is 2.10. The maximum absolute atomic E-state index is 13.2. The van der Waals surface area contributed by atoms with Crippen LogP contribution in [0.1, 0.15) is 34.0 Å². The van der Waals surface area contributed by atoms with Gasteiger partial charge in [0.05, 0.1) is 11.6 Å². The lowest BCUT2D eigenvalue weighted by atomic mass is 9.98. The van der Waals surface area contributed by atoms with Crippen LogP contribution < -0.4 is 5.32 Å². The molecule has 136 valence electrons. The molecule has 2 nitrogen and oxygen atoms in total. The summed E-state index contributed by atoms with van der Waals surface area (Å²) in [5, 5.41) is 5.70. The molecular weight excluding hydrogens is 369 g/mol. The van der Waals surface area contributed by atoms with Crippen LogP contribution in [-0.4, -0.2) is 31.1 Å². The molecule has 3 rings (SSSR count). The Hall–Kier alpha value is -1.08. The van der Waals surface area contributed by atoms with Crippen molar-refractivity contribution in [2.75, 3.05) is 26.2 Å². The number of benzene rings is 1. The number of nitrogens with one attached hydrogen (secondary N) is 1. The fourth-order valence-corrected chi connectivity index (χ4v) is 4.52. The maximum atomic E-state index is 13.2. The molecule has 1 N–H and O–H groups in total. The number of hydrogen-bond donors (Lipinski definition) is 1. The summed E-state index contributed by atoms with van der Waals surface area (Å²) >= 11 is 7.94. The number of nitrogens with zero attached hydrogens (tertiary/aromatic N) is 1. The van der Waals surface area contributed by atoms with Crippen LogP contribution in [0.5, 0.6) is 0 Å². The zero-order chi connectivity index (χ0) is 18.0. The molecular formula is C18H20ClF3N2S. The van der Waals surface area contributed by atoms with E-state index in [4.69, 9.17) is 11.6 Å². The van der Waals surface area contributed by atoms with Gasteiger partial charge in [0.25, 0.3) is 0 Å². The zero-order valence-electron chi connectivity index (χ0n) is 13.9. The lowest BCUT2D eigenvalue weighted by Gasteiger charge is -2.32. The summed E-state index contributed by atoms with van der Waals surface area (Å²) < 4.78 is 39.7. The molecule has 1 saturated heterocycles. The number of alkyl halides is 3. The number of rotatable bonds is 3. The molecule has 1 aromatic heterocycles. The van der Waals surface area contributed by atoms with E-state index in [1.807, 2.05) is 18.4 Å². The summed E-state index contributed by atoms with van der Waals surface area (Å²) in [6.45, 7) is 5.33. The summed E-state index contributed by atoms with van der Waals surface area (Å²) in [7, 11) is 0. The van der Waals surface area contributed by atoms with Gasteiger partial charge in [-0.2, -0.15) is 13.2 Å². The van der Waals surface area contributed by atoms with Gasteiger partial charge in [0.15, 0.2) is 0 Å². The molecule has 0 radical (unpaired) electrons. The first-order valence-electron chi connectivity index (χ1n) is 8.23. The Bertz CT molecular complexity index is 721. The normalized spacial score (nSPS) is 18.1. The van der Waals surface area contributed by atoms with Crippen LogP contribution in [0.25, 0.3) is 0 Å². The summed E-state index contributed by atoms with van der Waals surface area (Å²) in [6, 6.07) is 5.38. The predicted octanol–water partition coefficient (Wildman–Crippen LogP) is 5.11. The van der Waals surface area contributed by atoms with Crippen molar-refractivity contribution in [3.63, 3.8) is 0 Å². The van der Waals surface area contributed by atoms with E-state index < -0.39 is 11.7 Å². The van der Waals surface area contributed by atoms with Gasteiger partial charge in [-0.25, -0.2) is 0 Å². The second-order valence-corrected chi connectivity index (χ2v) is 7.60. The van der Waals surface area contributed by atoms with Gasteiger partial charge in [0.2, 0.25) is 0 Å². The number of hydrogen-bond acceptors (Lipinski definition) is 3. The predicted molar refractivity (Wildman–Crippen MR) is 96.4 cm³/mol. The SMILES string of the molecule is Cc1ccsc1C(c1cc(C(F)(F)F)ccc1Cl)N1CCCNCC1. The van der Waals surface area contributed by atoms with E-state index in [1.165, 1.54) is 12.1 Å². The lowest BCUT2D eigenvalue weighted by molar-refractivity contribution is -0.137. The largest absolute Gasteiger partial charge is 0.416 e. The molecule has 0 spiro atoms. The Morgan fingerprint density at radius 3 is 2.68 bits per heavy atom. The Morgan fingerprint density at radius 2 is 2.00 bits per heavy atom. The molecule has 7 heteroatoms. The second kappa shape index (κ2) is 7.66. The van der Waals surface area contributed by atoms with E-state index >= 15 is 0 Å². The number of thiophene rings is 1. The standard InChI is InChI=1S/C18H20ClF3N2S/c1-12-5-10-25-17(12)16(24-8-2-6-23-7-9-24)14-11-13(18(20,21)22)3-4-15(14)19/h3-5,10-11,16,23H,2,6-9H2,1H3. The van der Waals surface area contributed by atoms with Gasteiger partial charge in [-0.3, -0.25) is 4.90 Å². The highest BCUT2D eigenvalue weighted by Crippen LogP contribution is 2.40. The topological polar surface area (TPSA) is 15.3 Å². The zero-order valence-corrected chi connectivity index (χ0v) is 15.4. The molecule has 25 heavy (non-hydrogen) atoms. The van der Waals surface area contributed by atoms with Crippen molar-refractivity contribution >= 4 is 22.9 Å². The highest BCUT2D eigenvalue weighted by molar-refractivity contribution is 7.10. The molecule has 1 aliphatic rings. The Morgan fingerprint density at radius 1 is 1.20 bits per heavy atom. The first-order valence-corrected chi connectivity index (χ1v) is 9.49. The molecule has 1 fully saturated rings. The average molecular weight is 389 g/mol. The fraction of sp³-hybridized carbons (Fsp3) is 0.444. The number of halogens is 4. The van der Waals surface area contributed by atoms with Gasteiger partial charge in [0, 0.05) is 29.5 Å². The molecule has 2 heterocycles. The molecule has 0 bridgehead atoms. The van der Waals surface area contributed by atoms with E-state index in [2.05, 4.69) is 10.2 Å². The third-order valence-corrected chi connectivity index (χ3v) is 5.92. The number of aryl methyl sites for hydroxylation is 1. The average Bonchev–Trinajstić information content (AvgIpc) is 2.81. The molecule has 2 aromatic rings. The van der Waals surface area contributed by atoms with E-state index in [0.29, 0.717) is 10.6 Å². The third-order valence-electron chi connectivity index (χ3n) is 4.51. The highest BCUT2D eigenvalue weighted by Gasteiger charge is 2.34. The smallest absolute Gasteiger partial charge is 0.315 e. The minimum Gasteiger partial charge on any atom is -0.315 e. The van der Waals surface area contributed by atoms with Crippen molar-refractivity contribution in [2.45, 2.75) is 25.6 Å². The second-order valence-electron chi connectivity index (χ2n) is 6.24. The quantitative estimate of drug-likeness (QED) is 0.785. The van der Waals surface area contributed by atoms with Gasteiger partial charge in [-0.15, -0.1) is 11.3 Å². The van der Waals surface area contributed by atoms with Gasteiger partial charge in [0.1, 0.15) is 0 Å². The van der Waals surface area contributed by atoms with Gasteiger partial charge >= 0.3 is 6.18 Å². The highest BCUT2D eigenvalue weighted by atomic mass is 35.5. The van der Waals surface area contributed by atoms with Crippen LogP contribution in [0.3, 0.4) is 0 Å². The molecule has 1 aromatic carbocycles. The van der Waals surface area contributed by atoms with E-state index in [9.17, 15) is 13.2 Å². The molecule has 0 amide bonds. The van der Waals surface area contributed by atoms with E-state index in [-0.39, 0.29) is 6.04 Å². The van der Waals surface area contributed by atoms with Gasteiger partial charge < -0.3 is 5.32 Å². The van der Waals surface area contributed by atoms with Crippen molar-refractivity contribution in [3.05, 3.63) is 56.2 Å². The molecule has 1 atom stereocenters. The van der Waals surface area contributed by atoms with Crippen LogP contribution in [0.15, 0.2) is 29.6 Å². The van der Waals surface area contributed by atoms with Crippen LogP contribution in [0.2, 0.25) is 5.02 Å². The molecule has 0 saturated carbocycles. The summed E-state index contributed by atoms with van der Waals surface area (Å²) in [6.07, 6.45) is -3.42. The van der Waals surface area contributed by atoms with Crippen LogP contribution in [-0.2, 0) is 6.18 Å². The monoisotopic (exact) mass is 388 g/mol. The van der Waals surface area contributed by atoms with Crippen molar-refractivity contribution in [3.8, 4) is 0 Å². The summed E-state index contributed by atoms with van der Waals surface area (Å²) in [5.41, 5.74) is 0.962. The fourth-order valence-electron chi connectivity index (χ4n) is 3.22. The van der Waals surface area contributed by atoms with Gasteiger partial charge in [-0.1, -0.05) is 11.6 Å². The Kier molecular flexibility index (Phi) is 5.73. The van der Waals surface area contributed by atoms with Crippen LogP contribution in [0.4, 0.5) is 13.2 Å². The van der Waals surface area contributed by atoms with Crippen molar-refractivity contribution in [1.82, 2.24) is 10.2 Å². The molecule has 1 aliphatic heterocycles. The molecule has 0 aliphatic carbocycles. The van der Waals surface area contributed by atoms with Crippen molar-refractivity contribution < 1.29 is 13.2 Å². The maximum Gasteiger partial charge on any atom is 0.416 e. The lowest BCUT2D eigenvalue weighted by Crippen LogP contribution is -2.33. The molecule has 1 unspecified atom stereocenters. The van der Waals surface area contributed by atoms with E-state index in [0.717, 1.165) is 49.1 Å². The first kappa shape index (κ1) is 18.7. The summed E-state index contributed by atoms with van der Waals surface area (Å²) in [5.74, 6) is 0. The van der Waals surface area contributed by atoms with Gasteiger partial charge in [-0.05, 0) is 60.7 Å². The van der Waals surface area contributed by atoms with E-state index in [1.54, 1.807) is 11.3 Å². The minimum absolute atomic E-state index is 0.255.